The van der Waals surface area contributed by atoms with Gasteiger partial charge in [-0.2, -0.15) is 0 Å². The molecule has 0 saturated carbocycles. The standard InChI is InChI=1S/C21H19N5OS2/c1-26-17(16-10-6-3-7-11-16)13-23-21(26)28-14-18-24-25-20(29-18)19(27)22-12-15-8-4-2-5-9-15/h2-11,13H,12,14H2,1H3,(H,22,27). The van der Waals surface area contributed by atoms with E-state index < -0.39 is 0 Å². The van der Waals surface area contributed by atoms with E-state index in [1.165, 1.54) is 11.3 Å². The highest BCUT2D eigenvalue weighted by Gasteiger charge is 2.14. The van der Waals surface area contributed by atoms with Gasteiger partial charge >= 0.3 is 0 Å². The van der Waals surface area contributed by atoms with Gasteiger partial charge in [-0.25, -0.2) is 4.98 Å². The van der Waals surface area contributed by atoms with Crippen LogP contribution >= 0.6 is 23.1 Å². The van der Waals surface area contributed by atoms with Crippen molar-refractivity contribution in [3.8, 4) is 11.3 Å². The lowest BCUT2D eigenvalue weighted by atomic mass is 10.2. The summed E-state index contributed by atoms with van der Waals surface area (Å²) in [7, 11) is 2.00. The van der Waals surface area contributed by atoms with Crippen LogP contribution in [0.3, 0.4) is 0 Å². The summed E-state index contributed by atoms with van der Waals surface area (Å²) in [6.07, 6.45) is 1.88. The molecule has 6 nitrogen and oxygen atoms in total. The maximum Gasteiger partial charge on any atom is 0.282 e. The Kier molecular flexibility index (Phi) is 6.02. The first-order chi connectivity index (χ1) is 14.2. The summed E-state index contributed by atoms with van der Waals surface area (Å²) in [5, 5.41) is 13.1. The van der Waals surface area contributed by atoms with Crippen LogP contribution in [0.5, 0.6) is 0 Å². The largest absolute Gasteiger partial charge is 0.346 e. The lowest BCUT2D eigenvalue weighted by Gasteiger charge is -2.04. The van der Waals surface area contributed by atoms with E-state index in [-0.39, 0.29) is 5.91 Å². The zero-order chi connectivity index (χ0) is 20.1. The molecule has 0 atom stereocenters. The van der Waals surface area contributed by atoms with Crippen molar-refractivity contribution in [2.75, 3.05) is 0 Å². The van der Waals surface area contributed by atoms with Gasteiger partial charge in [-0.05, 0) is 11.1 Å². The molecule has 0 unspecified atom stereocenters. The second-order valence-corrected chi connectivity index (χ2v) is 8.31. The van der Waals surface area contributed by atoms with Gasteiger partial charge in [-0.3, -0.25) is 4.79 Å². The van der Waals surface area contributed by atoms with Crippen LogP contribution in [0.25, 0.3) is 11.3 Å². The van der Waals surface area contributed by atoms with Crippen molar-refractivity contribution < 1.29 is 4.79 Å². The minimum Gasteiger partial charge on any atom is -0.346 e. The quantitative estimate of drug-likeness (QED) is 0.454. The van der Waals surface area contributed by atoms with Gasteiger partial charge in [-0.1, -0.05) is 83.8 Å². The molecule has 0 aliphatic carbocycles. The highest BCUT2D eigenvalue weighted by atomic mass is 32.2. The molecule has 1 N–H and O–H groups in total. The molecule has 4 aromatic rings. The van der Waals surface area contributed by atoms with Crippen LogP contribution in [0.1, 0.15) is 20.4 Å². The molecule has 4 rings (SSSR count). The maximum absolute atomic E-state index is 12.3. The first-order valence-corrected chi connectivity index (χ1v) is 10.9. The SMILES string of the molecule is Cn1c(-c2ccccc2)cnc1SCc1nnc(C(=O)NCc2ccccc2)s1. The van der Waals surface area contributed by atoms with Gasteiger partial charge in [0.2, 0.25) is 5.01 Å². The summed E-state index contributed by atoms with van der Waals surface area (Å²) >= 11 is 2.89. The fraction of sp³-hybridized carbons (Fsp3) is 0.143. The highest BCUT2D eigenvalue weighted by molar-refractivity contribution is 7.98. The summed E-state index contributed by atoms with van der Waals surface area (Å²) in [4.78, 5) is 16.8. The molecule has 0 bridgehead atoms. The minimum atomic E-state index is -0.203. The van der Waals surface area contributed by atoms with Crippen molar-refractivity contribution in [3.05, 3.63) is 82.4 Å². The Morgan fingerprint density at radius 1 is 1.07 bits per heavy atom. The van der Waals surface area contributed by atoms with Crippen LogP contribution in [0.2, 0.25) is 0 Å². The molecule has 2 heterocycles. The summed E-state index contributed by atoms with van der Waals surface area (Å²) in [5.41, 5.74) is 3.24. The van der Waals surface area contributed by atoms with Crippen molar-refractivity contribution >= 4 is 29.0 Å². The minimum absolute atomic E-state index is 0.203. The number of benzene rings is 2. The predicted molar refractivity (Wildman–Crippen MR) is 116 cm³/mol. The summed E-state index contributed by atoms with van der Waals surface area (Å²) in [5.74, 6) is 0.411. The molecular formula is C21H19N5OS2. The molecule has 1 amide bonds. The molecule has 0 saturated heterocycles. The van der Waals surface area contributed by atoms with Gasteiger partial charge in [0.15, 0.2) is 5.16 Å². The van der Waals surface area contributed by atoms with Crippen LogP contribution < -0.4 is 5.32 Å². The molecule has 0 spiro atoms. The maximum atomic E-state index is 12.3. The Hall–Kier alpha value is -2.97. The third kappa shape index (κ3) is 4.72. The third-order valence-electron chi connectivity index (χ3n) is 4.30. The van der Waals surface area contributed by atoms with Crippen LogP contribution in [-0.2, 0) is 19.3 Å². The van der Waals surface area contributed by atoms with E-state index >= 15 is 0 Å². The summed E-state index contributed by atoms with van der Waals surface area (Å²) < 4.78 is 2.06. The van der Waals surface area contributed by atoms with Crippen LogP contribution in [0.4, 0.5) is 0 Å². The number of carbonyl (C=O) groups is 1. The first-order valence-electron chi connectivity index (χ1n) is 9.05. The molecule has 0 aliphatic rings. The Bertz CT molecular complexity index is 1090. The van der Waals surface area contributed by atoms with Crippen molar-refractivity contribution in [2.24, 2.45) is 7.05 Å². The molecule has 0 aliphatic heterocycles. The van der Waals surface area contributed by atoms with E-state index in [4.69, 9.17) is 0 Å². The number of aromatic nitrogens is 4. The van der Waals surface area contributed by atoms with Crippen molar-refractivity contribution in [2.45, 2.75) is 17.5 Å². The average molecular weight is 422 g/mol. The number of rotatable bonds is 7. The van der Waals surface area contributed by atoms with Crippen molar-refractivity contribution in [1.29, 1.82) is 0 Å². The number of nitrogens with zero attached hydrogens (tertiary/aromatic N) is 4. The van der Waals surface area contributed by atoms with E-state index in [0.29, 0.717) is 17.3 Å². The third-order valence-corrected chi connectivity index (χ3v) is 6.46. The molecule has 2 aromatic carbocycles. The Morgan fingerprint density at radius 2 is 1.79 bits per heavy atom. The Balaban J connectivity index is 1.35. The Morgan fingerprint density at radius 3 is 2.55 bits per heavy atom. The fourth-order valence-corrected chi connectivity index (χ4v) is 4.48. The first kappa shape index (κ1) is 19.4. The summed E-state index contributed by atoms with van der Waals surface area (Å²) in [6, 6.07) is 19.9. The molecular weight excluding hydrogens is 402 g/mol. The number of hydrogen-bond donors (Lipinski definition) is 1. The van der Waals surface area contributed by atoms with Crippen LogP contribution in [-0.4, -0.2) is 25.7 Å². The molecule has 0 radical (unpaired) electrons. The summed E-state index contributed by atoms with van der Waals surface area (Å²) in [6.45, 7) is 0.471. The normalized spacial score (nSPS) is 10.8. The second-order valence-electron chi connectivity index (χ2n) is 6.31. The highest BCUT2D eigenvalue weighted by Crippen LogP contribution is 2.27. The molecule has 2 aromatic heterocycles. The van der Waals surface area contributed by atoms with Gasteiger partial charge in [0.25, 0.3) is 5.91 Å². The van der Waals surface area contributed by atoms with E-state index in [0.717, 1.165) is 27.0 Å². The number of nitrogens with one attached hydrogen (secondary N) is 1. The number of amides is 1. The average Bonchev–Trinajstić information content (AvgIpc) is 3.39. The van der Waals surface area contributed by atoms with E-state index in [9.17, 15) is 4.79 Å². The lowest BCUT2D eigenvalue weighted by Crippen LogP contribution is -2.22. The van der Waals surface area contributed by atoms with Gasteiger partial charge in [-0.15, -0.1) is 10.2 Å². The van der Waals surface area contributed by atoms with E-state index in [1.54, 1.807) is 11.8 Å². The van der Waals surface area contributed by atoms with Crippen LogP contribution in [0.15, 0.2) is 72.0 Å². The molecule has 146 valence electrons. The second kappa shape index (κ2) is 9.02. The zero-order valence-electron chi connectivity index (χ0n) is 15.8. The topological polar surface area (TPSA) is 72.7 Å². The molecule has 8 heteroatoms. The molecule has 0 fully saturated rings. The Labute approximate surface area is 177 Å². The number of thioether (sulfide) groups is 1. The van der Waals surface area contributed by atoms with Crippen molar-refractivity contribution in [3.63, 3.8) is 0 Å². The van der Waals surface area contributed by atoms with Gasteiger partial charge in [0.05, 0.1) is 17.6 Å². The monoisotopic (exact) mass is 421 g/mol. The van der Waals surface area contributed by atoms with E-state index in [1.807, 2.05) is 61.8 Å². The number of hydrogen-bond acceptors (Lipinski definition) is 6. The van der Waals surface area contributed by atoms with Gasteiger partial charge in [0, 0.05) is 13.6 Å². The fourth-order valence-electron chi connectivity index (χ4n) is 2.79. The number of imidazole rings is 1. The van der Waals surface area contributed by atoms with Gasteiger partial charge in [0.1, 0.15) is 5.01 Å². The predicted octanol–water partition coefficient (Wildman–Crippen LogP) is 4.16. The zero-order valence-corrected chi connectivity index (χ0v) is 17.4. The van der Waals surface area contributed by atoms with E-state index in [2.05, 4.69) is 37.2 Å². The van der Waals surface area contributed by atoms with Gasteiger partial charge < -0.3 is 9.88 Å². The van der Waals surface area contributed by atoms with Crippen LogP contribution in [0, 0.1) is 0 Å². The number of carbonyl (C=O) groups excluding carboxylic acids is 1. The smallest absolute Gasteiger partial charge is 0.282 e. The molecule has 29 heavy (non-hydrogen) atoms. The van der Waals surface area contributed by atoms with Crippen molar-refractivity contribution in [1.82, 2.24) is 25.1 Å². The lowest BCUT2D eigenvalue weighted by molar-refractivity contribution is 0.0950.